The van der Waals surface area contributed by atoms with Crippen molar-refractivity contribution in [2.75, 3.05) is 5.73 Å². The molecule has 2 aromatic heterocycles. The van der Waals surface area contributed by atoms with E-state index in [0.717, 1.165) is 0 Å². The van der Waals surface area contributed by atoms with E-state index in [-0.39, 0.29) is 18.1 Å². The van der Waals surface area contributed by atoms with Gasteiger partial charge in [0, 0.05) is 0 Å². The van der Waals surface area contributed by atoms with Gasteiger partial charge in [0.1, 0.15) is 23.7 Å². The highest BCUT2D eigenvalue weighted by Crippen LogP contribution is 2.00. The second kappa shape index (κ2) is 4.39. The Morgan fingerprint density at radius 1 is 1.50 bits per heavy atom. The number of carbonyl (C=O) groups is 1. The van der Waals surface area contributed by atoms with Crippen molar-refractivity contribution in [3.05, 3.63) is 36.0 Å². The van der Waals surface area contributed by atoms with Gasteiger partial charge in [-0.1, -0.05) is 6.07 Å². The third-order valence-electron chi connectivity index (χ3n) is 1.88. The Labute approximate surface area is 91.1 Å². The summed E-state index contributed by atoms with van der Waals surface area (Å²) in [5.74, 6) is 0.591. The maximum atomic E-state index is 11.6. The standard InChI is InChI=1S/C9H10N6O/c10-7-3-1-2-6(14-7)9(16)11-4-8-12-5-13-15-8/h1-3,5H,4H2,(H2,10,14)(H,11,16)(H,12,13,15). The van der Waals surface area contributed by atoms with Crippen molar-refractivity contribution in [2.24, 2.45) is 0 Å². The molecule has 16 heavy (non-hydrogen) atoms. The fraction of sp³-hybridized carbons (Fsp3) is 0.111. The Balaban J connectivity index is 1.98. The van der Waals surface area contributed by atoms with Gasteiger partial charge in [-0.15, -0.1) is 0 Å². The smallest absolute Gasteiger partial charge is 0.270 e. The van der Waals surface area contributed by atoms with E-state index in [1.807, 2.05) is 0 Å². The molecule has 0 aliphatic heterocycles. The number of carbonyl (C=O) groups excluding carboxylic acids is 1. The summed E-state index contributed by atoms with van der Waals surface area (Å²) < 4.78 is 0. The van der Waals surface area contributed by atoms with Crippen LogP contribution in [0.3, 0.4) is 0 Å². The summed E-state index contributed by atoms with van der Waals surface area (Å²) in [6.07, 6.45) is 1.38. The molecule has 0 atom stereocenters. The third-order valence-corrected chi connectivity index (χ3v) is 1.88. The summed E-state index contributed by atoms with van der Waals surface area (Å²) in [5, 5.41) is 8.94. The lowest BCUT2D eigenvalue weighted by Gasteiger charge is -2.02. The molecule has 0 unspecified atom stereocenters. The normalized spacial score (nSPS) is 10.0. The highest BCUT2D eigenvalue weighted by atomic mass is 16.1. The van der Waals surface area contributed by atoms with Crippen LogP contribution >= 0.6 is 0 Å². The van der Waals surface area contributed by atoms with E-state index in [1.165, 1.54) is 6.33 Å². The number of amides is 1. The molecular weight excluding hydrogens is 208 g/mol. The number of nitrogens with zero attached hydrogens (tertiary/aromatic N) is 3. The lowest BCUT2D eigenvalue weighted by atomic mass is 10.3. The largest absolute Gasteiger partial charge is 0.384 e. The molecule has 0 aliphatic carbocycles. The van der Waals surface area contributed by atoms with Gasteiger partial charge in [-0.3, -0.25) is 9.89 Å². The van der Waals surface area contributed by atoms with Gasteiger partial charge in [-0.25, -0.2) is 9.97 Å². The van der Waals surface area contributed by atoms with Crippen LogP contribution in [0.15, 0.2) is 24.5 Å². The van der Waals surface area contributed by atoms with Gasteiger partial charge in [0.15, 0.2) is 0 Å². The summed E-state index contributed by atoms with van der Waals surface area (Å²) in [6, 6.07) is 4.88. The summed E-state index contributed by atoms with van der Waals surface area (Å²) in [6.45, 7) is 0.273. The second-order valence-corrected chi connectivity index (χ2v) is 3.06. The average Bonchev–Trinajstić information content (AvgIpc) is 2.78. The molecule has 1 amide bonds. The van der Waals surface area contributed by atoms with E-state index in [9.17, 15) is 4.79 Å². The van der Waals surface area contributed by atoms with Gasteiger partial charge in [0.2, 0.25) is 0 Å². The lowest BCUT2D eigenvalue weighted by Crippen LogP contribution is -2.24. The minimum Gasteiger partial charge on any atom is -0.384 e. The van der Waals surface area contributed by atoms with Crippen LogP contribution in [0.4, 0.5) is 5.82 Å². The molecule has 0 spiro atoms. The number of rotatable bonds is 3. The van der Waals surface area contributed by atoms with Crippen LogP contribution in [0.2, 0.25) is 0 Å². The van der Waals surface area contributed by atoms with E-state index in [0.29, 0.717) is 11.6 Å². The quantitative estimate of drug-likeness (QED) is 0.655. The van der Waals surface area contributed by atoms with Gasteiger partial charge in [-0.2, -0.15) is 5.10 Å². The minimum absolute atomic E-state index is 0.273. The van der Waals surface area contributed by atoms with E-state index in [2.05, 4.69) is 25.5 Å². The first kappa shape index (κ1) is 10.1. The molecule has 82 valence electrons. The summed E-state index contributed by atoms with van der Waals surface area (Å²) in [4.78, 5) is 19.4. The van der Waals surface area contributed by atoms with Crippen LogP contribution in [0.5, 0.6) is 0 Å². The monoisotopic (exact) mass is 218 g/mol. The zero-order valence-corrected chi connectivity index (χ0v) is 8.34. The first-order valence-corrected chi connectivity index (χ1v) is 4.60. The van der Waals surface area contributed by atoms with E-state index in [4.69, 9.17) is 5.73 Å². The van der Waals surface area contributed by atoms with E-state index >= 15 is 0 Å². The highest BCUT2D eigenvalue weighted by Gasteiger charge is 2.07. The number of aromatic nitrogens is 4. The summed E-state index contributed by atoms with van der Waals surface area (Å²) >= 11 is 0. The van der Waals surface area contributed by atoms with Crippen LogP contribution in [0.25, 0.3) is 0 Å². The molecule has 0 saturated carbocycles. The third kappa shape index (κ3) is 2.32. The van der Waals surface area contributed by atoms with Gasteiger partial charge < -0.3 is 11.1 Å². The first-order valence-electron chi connectivity index (χ1n) is 4.60. The van der Waals surface area contributed by atoms with Crippen LogP contribution in [0, 0.1) is 0 Å². The van der Waals surface area contributed by atoms with Gasteiger partial charge in [0.05, 0.1) is 6.54 Å². The zero-order chi connectivity index (χ0) is 11.4. The molecule has 7 heteroatoms. The average molecular weight is 218 g/mol. The molecule has 0 aromatic carbocycles. The van der Waals surface area contributed by atoms with Crippen LogP contribution in [-0.2, 0) is 6.54 Å². The fourth-order valence-electron chi connectivity index (χ4n) is 1.15. The molecule has 0 saturated heterocycles. The zero-order valence-electron chi connectivity index (χ0n) is 8.34. The van der Waals surface area contributed by atoms with Crippen molar-refractivity contribution in [2.45, 2.75) is 6.54 Å². The first-order chi connectivity index (χ1) is 7.75. The molecule has 0 fully saturated rings. The predicted octanol–water partition coefficient (Wildman–Crippen LogP) is -0.288. The van der Waals surface area contributed by atoms with E-state index < -0.39 is 0 Å². The minimum atomic E-state index is -0.302. The van der Waals surface area contributed by atoms with Crippen molar-refractivity contribution in [3.63, 3.8) is 0 Å². The Hall–Kier alpha value is -2.44. The second-order valence-electron chi connectivity index (χ2n) is 3.06. The van der Waals surface area contributed by atoms with Crippen LogP contribution in [-0.4, -0.2) is 26.1 Å². The topological polar surface area (TPSA) is 110 Å². The number of nitrogen functional groups attached to an aromatic ring is 1. The SMILES string of the molecule is Nc1cccc(C(=O)NCc2ncn[nH]2)n1. The van der Waals surface area contributed by atoms with Crippen molar-refractivity contribution < 1.29 is 4.79 Å². The molecular formula is C9H10N6O. The molecule has 0 radical (unpaired) electrons. The Morgan fingerprint density at radius 2 is 2.38 bits per heavy atom. The Bertz CT molecular complexity index is 481. The van der Waals surface area contributed by atoms with Crippen LogP contribution in [0.1, 0.15) is 16.3 Å². The van der Waals surface area contributed by atoms with Crippen LogP contribution < -0.4 is 11.1 Å². The Morgan fingerprint density at radius 3 is 3.06 bits per heavy atom. The number of pyridine rings is 1. The van der Waals surface area contributed by atoms with Gasteiger partial charge in [-0.05, 0) is 12.1 Å². The van der Waals surface area contributed by atoms with Crippen molar-refractivity contribution in [1.82, 2.24) is 25.5 Å². The van der Waals surface area contributed by atoms with Crippen molar-refractivity contribution in [3.8, 4) is 0 Å². The van der Waals surface area contributed by atoms with Gasteiger partial charge in [0.25, 0.3) is 5.91 Å². The molecule has 4 N–H and O–H groups in total. The molecule has 2 aromatic rings. The highest BCUT2D eigenvalue weighted by molar-refractivity contribution is 5.92. The number of hydrogen-bond donors (Lipinski definition) is 3. The Kier molecular flexibility index (Phi) is 2.77. The maximum absolute atomic E-state index is 11.6. The number of nitrogens with two attached hydrogens (primary N) is 1. The van der Waals surface area contributed by atoms with E-state index in [1.54, 1.807) is 18.2 Å². The molecule has 7 nitrogen and oxygen atoms in total. The predicted molar refractivity (Wildman–Crippen MR) is 56.2 cm³/mol. The molecule has 0 aliphatic rings. The number of nitrogens with one attached hydrogen (secondary N) is 2. The number of H-pyrrole nitrogens is 1. The molecule has 0 bridgehead atoms. The van der Waals surface area contributed by atoms with Crippen molar-refractivity contribution >= 4 is 11.7 Å². The maximum Gasteiger partial charge on any atom is 0.270 e. The van der Waals surface area contributed by atoms with Crippen molar-refractivity contribution in [1.29, 1.82) is 0 Å². The number of hydrogen-bond acceptors (Lipinski definition) is 5. The molecule has 2 heterocycles. The number of anilines is 1. The summed E-state index contributed by atoms with van der Waals surface area (Å²) in [7, 11) is 0. The fourth-order valence-corrected chi connectivity index (χ4v) is 1.15. The summed E-state index contributed by atoms with van der Waals surface area (Å²) in [5.41, 5.74) is 5.74. The van der Waals surface area contributed by atoms with Gasteiger partial charge >= 0.3 is 0 Å². The lowest BCUT2D eigenvalue weighted by molar-refractivity contribution is 0.0945. The molecule has 2 rings (SSSR count). The number of aromatic amines is 1.